The zero-order chi connectivity index (χ0) is 18.7. The average molecular weight is 435 g/mol. The van der Waals surface area contributed by atoms with Gasteiger partial charge in [0.25, 0.3) is 0 Å². The molecule has 1 unspecified atom stereocenters. The molecule has 1 saturated heterocycles. The van der Waals surface area contributed by atoms with E-state index in [4.69, 9.17) is 23.2 Å². The zero-order valence-electron chi connectivity index (χ0n) is 13.5. The lowest BCUT2D eigenvalue weighted by atomic mass is 10.2. The summed E-state index contributed by atoms with van der Waals surface area (Å²) in [6.45, 7) is 1.04. The molecule has 2 heterocycles. The van der Waals surface area contributed by atoms with Crippen molar-refractivity contribution in [1.82, 2.24) is 15.0 Å². The molecule has 1 aromatic heterocycles. The lowest BCUT2D eigenvalue weighted by Crippen LogP contribution is -2.43. The second kappa shape index (κ2) is 8.10. The number of carbonyl (C=O) groups excluding carboxylic acids is 1. The zero-order valence-corrected chi connectivity index (χ0v) is 16.6. The van der Waals surface area contributed by atoms with E-state index in [1.165, 1.54) is 12.1 Å². The number of nitrogens with zero attached hydrogens (tertiary/aromatic N) is 2. The predicted octanol–water partition coefficient (Wildman–Crippen LogP) is 2.12. The number of hydrogen-bond acceptors (Lipinski definition) is 6. The highest BCUT2D eigenvalue weighted by molar-refractivity contribution is 7.89. The van der Waals surface area contributed by atoms with Gasteiger partial charge < -0.3 is 10.2 Å². The SMILES string of the molecule is O=C(CNS(=O)(=O)c1c(Cl)cccc1Cl)NC1CCN(c2nccs2)C1. The van der Waals surface area contributed by atoms with E-state index < -0.39 is 22.5 Å². The van der Waals surface area contributed by atoms with Crippen LogP contribution in [0.2, 0.25) is 10.0 Å². The highest BCUT2D eigenvalue weighted by Gasteiger charge is 2.26. The van der Waals surface area contributed by atoms with Gasteiger partial charge in [0.2, 0.25) is 15.9 Å². The molecular formula is C15H16Cl2N4O3S2. The van der Waals surface area contributed by atoms with Gasteiger partial charge in [-0.05, 0) is 18.6 Å². The maximum absolute atomic E-state index is 12.3. The van der Waals surface area contributed by atoms with E-state index in [1.54, 1.807) is 23.6 Å². The Morgan fingerprint density at radius 2 is 2.08 bits per heavy atom. The summed E-state index contributed by atoms with van der Waals surface area (Å²) in [6, 6.07) is 4.34. The van der Waals surface area contributed by atoms with Crippen molar-refractivity contribution >= 4 is 55.6 Å². The monoisotopic (exact) mass is 434 g/mol. The normalized spacial score (nSPS) is 17.5. The smallest absolute Gasteiger partial charge is 0.244 e. The minimum atomic E-state index is -3.99. The first-order valence-electron chi connectivity index (χ1n) is 7.74. The number of thiazole rings is 1. The predicted molar refractivity (Wildman–Crippen MR) is 103 cm³/mol. The Labute approximate surface area is 165 Å². The highest BCUT2D eigenvalue weighted by Crippen LogP contribution is 2.28. The average Bonchev–Trinajstić information content (AvgIpc) is 3.24. The summed E-state index contributed by atoms with van der Waals surface area (Å²) in [5.74, 6) is -0.414. The van der Waals surface area contributed by atoms with E-state index >= 15 is 0 Å². The summed E-state index contributed by atoms with van der Waals surface area (Å²) < 4.78 is 26.9. The molecule has 1 amide bonds. The quantitative estimate of drug-likeness (QED) is 0.726. The van der Waals surface area contributed by atoms with Crippen molar-refractivity contribution < 1.29 is 13.2 Å². The number of sulfonamides is 1. The van der Waals surface area contributed by atoms with Crippen LogP contribution in [0.15, 0.2) is 34.7 Å². The van der Waals surface area contributed by atoms with Crippen molar-refractivity contribution in [3.05, 3.63) is 39.8 Å². The first-order valence-corrected chi connectivity index (χ1v) is 10.9. The number of benzene rings is 1. The summed E-state index contributed by atoms with van der Waals surface area (Å²) in [5, 5.41) is 5.64. The Kier molecular flexibility index (Phi) is 6.03. The number of amides is 1. The molecule has 0 saturated carbocycles. The molecule has 0 radical (unpaired) electrons. The second-order valence-electron chi connectivity index (χ2n) is 5.69. The first-order chi connectivity index (χ1) is 12.4. The molecule has 26 heavy (non-hydrogen) atoms. The van der Waals surface area contributed by atoms with Crippen molar-refractivity contribution in [2.24, 2.45) is 0 Å². The van der Waals surface area contributed by atoms with Crippen LogP contribution in [-0.4, -0.2) is 45.0 Å². The molecule has 3 rings (SSSR count). The molecule has 1 aliphatic heterocycles. The molecular weight excluding hydrogens is 419 g/mol. The number of rotatable bonds is 6. The van der Waals surface area contributed by atoms with Crippen LogP contribution in [0.5, 0.6) is 0 Å². The fourth-order valence-corrected chi connectivity index (χ4v) is 5.48. The molecule has 2 aromatic rings. The summed E-state index contributed by atoms with van der Waals surface area (Å²) in [7, 11) is -3.99. The van der Waals surface area contributed by atoms with E-state index in [0.29, 0.717) is 6.54 Å². The third kappa shape index (κ3) is 4.47. The molecule has 0 bridgehead atoms. The van der Waals surface area contributed by atoms with Crippen LogP contribution in [0.1, 0.15) is 6.42 Å². The van der Waals surface area contributed by atoms with Crippen LogP contribution >= 0.6 is 34.5 Å². The van der Waals surface area contributed by atoms with Crippen LogP contribution < -0.4 is 14.9 Å². The van der Waals surface area contributed by atoms with Gasteiger partial charge in [-0.1, -0.05) is 29.3 Å². The molecule has 11 heteroatoms. The molecule has 140 valence electrons. The van der Waals surface area contributed by atoms with E-state index in [-0.39, 0.29) is 21.0 Å². The van der Waals surface area contributed by atoms with Gasteiger partial charge in [-0.25, -0.2) is 18.1 Å². The van der Waals surface area contributed by atoms with Crippen LogP contribution in [0, 0.1) is 0 Å². The molecule has 1 aromatic carbocycles. The highest BCUT2D eigenvalue weighted by atomic mass is 35.5. The van der Waals surface area contributed by atoms with Gasteiger partial charge >= 0.3 is 0 Å². The third-order valence-corrected chi connectivity index (χ3v) is 7.04. The first kappa shape index (κ1) is 19.4. The number of aromatic nitrogens is 1. The Morgan fingerprint density at radius 1 is 1.35 bits per heavy atom. The van der Waals surface area contributed by atoms with Crippen LogP contribution in [0.4, 0.5) is 5.13 Å². The lowest BCUT2D eigenvalue weighted by molar-refractivity contribution is -0.120. The summed E-state index contributed by atoms with van der Waals surface area (Å²) in [5.41, 5.74) is 0. The van der Waals surface area contributed by atoms with Crippen LogP contribution in [-0.2, 0) is 14.8 Å². The Morgan fingerprint density at radius 3 is 2.73 bits per heavy atom. The van der Waals surface area contributed by atoms with Gasteiger partial charge in [0, 0.05) is 30.7 Å². The molecule has 0 spiro atoms. The van der Waals surface area contributed by atoms with Gasteiger partial charge in [0.15, 0.2) is 5.13 Å². The van der Waals surface area contributed by atoms with Gasteiger partial charge in [0.05, 0.1) is 16.6 Å². The number of hydrogen-bond donors (Lipinski definition) is 2. The van der Waals surface area contributed by atoms with E-state index in [2.05, 4.69) is 19.9 Å². The molecule has 7 nitrogen and oxygen atoms in total. The van der Waals surface area contributed by atoms with Gasteiger partial charge in [-0.15, -0.1) is 11.3 Å². The molecule has 2 N–H and O–H groups in total. The maximum Gasteiger partial charge on any atom is 0.244 e. The second-order valence-corrected chi connectivity index (χ2v) is 9.08. The summed E-state index contributed by atoms with van der Waals surface area (Å²) >= 11 is 13.4. The number of carbonyl (C=O) groups is 1. The topological polar surface area (TPSA) is 91.4 Å². The minimum Gasteiger partial charge on any atom is -0.350 e. The standard InChI is InChI=1S/C15H16Cl2N4O3S2/c16-11-2-1-3-12(17)14(11)26(23,24)19-8-13(22)20-10-4-6-21(9-10)15-18-5-7-25-15/h1-3,5,7,10,19H,4,6,8-9H2,(H,20,22). The van der Waals surface area contributed by atoms with E-state index in [9.17, 15) is 13.2 Å². The van der Waals surface area contributed by atoms with Crippen LogP contribution in [0.3, 0.4) is 0 Å². The minimum absolute atomic E-state index is 0.000269. The molecule has 1 atom stereocenters. The van der Waals surface area contributed by atoms with Gasteiger partial charge in [-0.3, -0.25) is 4.79 Å². The van der Waals surface area contributed by atoms with Gasteiger partial charge in [0.1, 0.15) is 4.90 Å². The Hall–Kier alpha value is -1.39. The number of halogens is 2. The van der Waals surface area contributed by atoms with Crippen molar-refractivity contribution in [3.8, 4) is 0 Å². The summed E-state index contributed by atoms with van der Waals surface area (Å²) in [4.78, 5) is 18.2. The Balaban J connectivity index is 1.54. The van der Waals surface area contributed by atoms with Crippen molar-refractivity contribution in [1.29, 1.82) is 0 Å². The fraction of sp³-hybridized carbons (Fsp3) is 0.333. The lowest BCUT2D eigenvalue weighted by Gasteiger charge is -2.16. The molecule has 1 fully saturated rings. The summed E-state index contributed by atoms with van der Waals surface area (Å²) in [6.07, 6.45) is 2.51. The fourth-order valence-electron chi connectivity index (χ4n) is 2.67. The van der Waals surface area contributed by atoms with Crippen LogP contribution in [0.25, 0.3) is 0 Å². The number of nitrogens with one attached hydrogen (secondary N) is 2. The van der Waals surface area contributed by atoms with Crippen molar-refractivity contribution in [3.63, 3.8) is 0 Å². The van der Waals surface area contributed by atoms with E-state index in [1.807, 2.05) is 5.38 Å². The maximum atomic E-state index is 12.3. The molecule has 1 aliphatic rings. The largest absolute Gasteiger partial charge is 0.350 e. The Bertz CT molecular complexity index is 870. The van der Waals surface area contributed by atoms with Gasteiger partial charge in [-0.2, -0.15) is 0 Å². The molecule has 0 aliphatic carbocycles. The van der Waals surface area contributed by atoms with Crippen molar-refractivity contribution in [2.45, 2.75) is 17.4 Å². The van der Waals surface area contributed by atoms with E-state index in [0.717, 1.165) is 18.1 Å². The van der Waals surface area contributed by atoms with Crippen molar-refractivity contribution in [2.75, 3.05) is 24.5 Å². The third-order valence-electron chi connectivity index (χ3n) is 3.85. The number of anilines is 1.